The number of amides is 1. The number of nitrogens with zero attached hydrogens (tertiary/aromatic N) is 3. The van der Waals surface area contributed by atoms with Crippen LogP contribution >= 0.6 is 0 Å². The zero-order chi connectivity index (χ0) is 33.4. The Morgan fingerprint density at radius 1 is 1.07 bits per heavy atom. The van der Waals surface area contributed by atoms with Crippen molar-refractivity contribution in [2.75, 3.05) is 47.5 Å². The quantitative estimate of drug-likeness (QED) is 0.283. The van der Waals surface area contributed by atoms with Crippen molar-refractivity contribution >= 4 is 33.0 Å². The van der Waals surface area contributed by atoms with Gasteiger partial charge in [-0.05, 0) is 73.1 Å². The van der Waals surface area contributed by atoms with Gasteiger partial charge in [-0.25, -0.2) is 9.93 Å². The minimum Gasteiger partial charge on any atom is -0.497 e. The molecule has 1 aromatic heterocycles. The van der Waals surface area contributed by atoms with E-state index in [1.807, 2.05) is 25.1 Å². The first-order valence-electron chi connectivity index (χ1n) is 15.9. The Balaban J connectivity index is 1.57. The number of likely N-dealkylation sites (N-methyl/N-ethyl adjacent to an activating group) is 2. The van der Waals surface area contributed by atoms with Gasteiger partial charge in [-0.15, -0.1) is 0 Å². The van der Waals surface area contributed by atoms with Crippen molar-refractivity contribution in [1.29, 1.82) is 0 Å². The molecule has 3 aromatic rings. The predicted octanol–water partition coefficient (Wildman–Crippen LogP) is 4.80. The molecule has 0 spiro atoms. The molecule has 2 atom stereocenters. The third-order valence-corrected chi connectivity index (χ3v) is 11.2. The summed E-state index contributed by atoms with van der Waals surface area (Å²) in [5.74, 6) is -0.223. The number of benzene rings is 2. The highest BCUT2D eigenvalue weighted by Gasteiger charge is 2.46. The molecule has 2 aliphatic rings. The number of carboxylic acid groups (broad SMARTS) is 1. The van der Waals surface area contributed by atoms with Gasteiger partial charge in [-0.2, -0.15) is 12.7 Å². The molecule has 250 valence electrons. The summed E-state index contributed by atoms with van der Waals surface area (Å²) in [6.45, 7) is 5.21. The van der Waals surface area contributed by atoms with Gasteiger partial charge in [0.05, 0.1) is 37.0 Å². The molecule has 46 heavy (non-hydrogen) atoms. The van der Waals surface area contributed by atoms with Gasteiger partial charge in [0, 0.05) is 50.2 Å². The molecule has 1 aliphatic carbocycles. The molecule has 11 nitrogen and oxygen atoms in total. The second kappa shape index (κ2) is 13.3. The molecule has 5 rings (SSSR count). The monoisotopic (exact) mass is 654 g/mol. The number of rotatable bonds is 11. The highest BCUT2D eigenvalue weighted by molar-refractivity contribution is 7.86. The van der Waals surface area contributed by atoms with Crippen LogP contribution in [0.5, 0.6) is 5.75 Å². The van der Waals surface area contributed by atoms with E-state index in [1.165, 1.54) is 19.0 Å². The molecule has 3 N–H and O–H groups in total. The average molecular weight is 655 g/mol. The number of fused-ring (bicyclic) bond motifs is 5. The molecule has 12 heteroatoms. The number of ether oxygens (including phenoxy) is 2. The third kappa shape index (κ3) is 6.40. The highest BCUT2D eigenvalue weighted by Crippen LogP contribution is 2.52. The van der Waals surface area contributed by atoms with Gasteiger partial charge in [0.25, 0.3) is 10.2 Å². The molecule has 1 aliphatic heterocycles. The molecule has 0 radical (unpaired) electrons. The number of aromatic carboxylic acids is 1. The number of carboxylic acids is 1. The third-order valence-electron chi connectivity index (χ3n) is 10.2. The van der Waals surface area contributed by atoms with Crippen molar-refractivity contribution in [1.82, 2.24) is 13.8 Å². The smallest absolute Gasteiger partial charge is 0.335 e. The molecule has 0 bridgehead atoms. The van der Waals surface area contributed by atoms with Crippen LogP contribution in [0.2, 0.25) is 0 Å². The van der Waals surface area contributed by atoms with Gasteiger partial charge in [0.15, 0.2) is 0 Å². The second-order valence-electron chi connectivity index (χ2n) is 13.0. The van der Waals surface area contributed by atoms with Crippen molar-refractivity contribution in [3.05, 3.63) is 53.1 Å². The number of methoxy groups -OCH3 is 1. The minimum atomic E-state index is -3.79. The van der Waals surface area contributed by atoms with E-state index in [9.17, 15) is 23.1 Å². The Bertz CT molecular complexity index is 1730. The van der Waals surface area contributed by atoms with Crippen LogP contribution < -0.4 is 9.88 Å². The van der Waals surface area contributed by atoms with Crippen LogP contribution in [-0.4, -0.2) is 86.7 Å². The fourth-order valence-corrected chi connectivity index (χ4v) is 7.56. The highest BCUT2D eigenvalue weighted by atomic mass is 32.2. The van der Waals surface area contributed by atoms with Crippen LogP contribution in [0.4, 0.5) is 0 Å². The number of nitrogens with two attached hydrogens (primary N) is 1. The minimum absolute atomic E-state index is 0.0673. The Hall–Kier alpha value is -3.45. The maximum atomic E-state index is 14.5. The van der Waals surface area contributed by atoms with Crippen molar-refractivity contribution < 1.29 is 32.6 Å². The first-order valence-corrected chi connectivity index (χ1v) is 17.4. The SMILES string of the molecule is COc1ccc2c(c1)C(C)[C@@](C)(C(=O)N(C)CCOCCN(C)S(N)(=O)=O)Cn1c-2c(C2CCCCC2)c2ccc(C(=O)O)cc21. The number of aromatic nitrogens is 1. The normalized spacial score (nSPS) is 20.3. The lowest BCUT2D eigenvalue weighted by Crippen LogP contribution is -2.46. The van der Waals surface area contributed by atoms with Crippen molar-refractivity contribution in [3.63, 3.8) is 0 Å². The molecule has 2 heterocycles. The average Bonchev–Trinajstić information content (AvgIpc) is 3.31. The molecular formula is C34H46N4O7S. The summed E-state index contributed by atoms with van der Waals surface area (Å²) in [6, 6.07) is 11.5. The summed E-state index contributed by atoms with van der Waals surface area (Å²) in [7, 11) is 0.984. The summed E-state index contributed by atoms with van der Waals surface area (Å²) in [4.78, 5) is 28.3. The molecular weight excluding hydrogens is 608 g/mol. The number of carbonyl (C=O) groups excluding carboxylic acids is 1. The Morgan fingerprint density at radius 3 is 2.41 bits per heavy atom. The standard InChI is InChI=1S/C34H46N4O7S/c1-22-28-20-25(44-5)12-14-26(28)31-30(23-9-7-6-8-10-23)27-13-11-24(32(39)40)19-29(27)38(31)21-34(22,2)33(41)36(3)15-17-45-18-16-37(4)46(35,42)43/h11-14,19-20,22-23H,6-10,15-18,21H2,1-5H3,(H,39,40)(H2,35,42,43)/t22?,34-/m0/s1. The lowest BCUT2D eigenvalue weighted by Gasteiger charge is -2.37. The maximum absolute atomic E-state index is 14.5. The van der Waals surface area contributed by atoms with Crippen LogP contribution in [0.1, 0.15) is 79.3 Å². The summed E-state index contributed by atoms with van der Waals surface area (Å²) < 4.78 is 37.5. The molecule has 2 aromatic carbocycles. The van der Waals surface area contributed by atoms with Gasteiger partial charge >= 0.3 is 5.97 Å². The van der Waals surface area contributed by atoms with E-state index >= 15 is 0 Å². The van der Waals surface area contributed by atoms with Crippen molar-refractivity contribution in [2.45, 2.75) is 64.3 Å². The number of hydrogen-bond acceptors (Lipinski definition) is 6. The number of hydrogen-bond donors (Lipinski definition) is 2. The first-order chi connectivity index (χ1) is 21.8. The van der Waals surface area contributed by atoms with E-state index < -0.39 is 21.6 Å². The molecule has 1 fully saturated rings. The fourth-order valence-electron chi connectivity index (χ4n) is 7.23. The van der Waals surface area contributed by atoms with E-state index in [-0.39, 0.29) is 37.1 Å². The lowest BCUT2D eigenvalue weighted by molar-refractivity contribution is -0.142. The van der Waals surface area contributed by atoms with Crippen LogP contribution in [0.3, 0.4) is 0 Å². The van der Waals surface area contributed by atoms with Crippen LogP contribution in [0, 0.1) is 5.41 Å². The Labute approximate surface area is 271 Å². The van der Waals surface area contributed by atoms with Crippen LogP contribution in [-0.2, 0) is 26.3 Å². The maximum Gasteiger partial charge on any atom is 0.335 e. The van der Waals surface area contributed by atoms with Gasteiger partial charge in [0.2, 0.25) is 5.91 Å². The second-order valence-corrected chi connectivity index (χ2v) is 14.7. The van der Waals surface area contributed by atoms with Gasteiger partial charge < -0.3 is 24.0 Å². The topological polar surface area (TPSA) is 144 Å². The largest absolute Gasteiger partial charge is 0.497 e. The van der Waals surface area contributed by atoms with E-state index in [0.29, 0.717) is 24.8 Å². The summed E-state index contributed by atoms with van der Waals surface area (Å²) in [5, 5.41) is 16.1. The summed E-state index contributed by atoms with van der Waals surface area (Å²) >= 11 is 0. The fraction of sp³-hybridized carbons (Fsp3) is 0.529. The van der Waals surface area contributed by atoms with Crippen LogP contribution in [0.25, 0.3) is 22.2 Å². The summed E-state index contributed by atoms with van der Waals surface area (Å²) in [5.41, 5.74) is 4.50. The van der Waals surface area contributed by atoms with Crippen molar-refractivity contribution in [3.8, 4) is 17.0 Å². The van der Waals surface area contributed by atoms with E-state index in [1.54, 1.807) is 31.2 Å². The molecule has 1 saturated carbocycles. The molecule has 1 amide bonds. The lowest BCUT2D eigenvalue weighted by atomic mass is 9.72. The molecule has 1 unspecified atom stereocenters. The number of carbonyl (C=O) groups is 2. The molecule has 0 saturated heterocycles. The first kappa shape index (κ1) is 33.9. The Morgan fingerprint density at radius 2 is 1.76 bits per heavy atom. The van der Waals surface area contributed by atoms with Gasteiger partial charge in [0.1, 0.15) is 5.75 Å². The van der Waals surface area contributed by atoms with Crippen LogP contribution in [0.15, 0.2) is 36.4 Å². The van der Waals surface area contributed by atoms with E-state index in [4.69, 9.17) is 14.6 Å². The van der Waals surface area contributed by atoms with Gasteiger partial charge in [-0.1, -0.05) is 32.3 Å². The van der Waals surface area contributed by atoms with Gasteiger partial charge in [-0.3, -0.25) is 4.79 Å². The Kier molecular flexibility index (Phi) is 9.84. The van der Waals surface area contributed by atoms with Crippen molar-refractivity contribution in [2.24, 2.45) is 10.6 Å². The van der Waals surface area contributed by atoms with E-state index in [0.717, 1.165) is 57.7 Å². The predicted molar refractivity (Wildman–Crippen MR) is 177 cm³/mol. The summed E-state index contributed by atoms with van der Waals surface area (Å²) in [6.07, 6.45) is 5.65. The van der Waals surface area contributed by atoms with E-state index in [2.05, 4.69) is 17.6 Å². The zero-order valence-corrected chi connectivity index (χ0v) is 28.2. The zero-order valence-electron chi connectivity index (χ0n) is 27.4.